The Balaban J connectivity index is 1.56. The molecule has 0 aromatic heterocycles. The number of benzene rings is 2. The summed E-state index contributed by atoms with van der Waals surface area (Å²) >= 11 is 0.828. The predicted molar refractivity (Wildman–Crippen MR) is 267 cm³/mol. The molecule has 0 radical (unpaired) electrons. The van der Waals surface area contributed by atoms with Gasteiger partial charge in [0.25, 0.3) is 11.8 Å². The number of sulfonamides is 1. The first-order valence-corrected chi connectivity index (χ1v) is 28.2. The van der Waals surface area contributed by atoms with Crippen molar-refractivity contribution in [2.75, 3.05) is 111 Å². The maximum Gasteiger partial charge on any atom is 0.333 e. The number of imide groups is 1. The predicted octanol–water partition coefficient (Wildman–Crippen LogP) is 3.64. The maximum absolute atomic E-state index is 13.8. The van der Waals surface area contributed by atoms with Gasteiger partial charge < -0.3 is 48.0 Å². The Morgan fingerprint density at radius 3 is 2.09 bits per heavy atom. The van der Waals surface area contributed by atoms with Gasteiger partial charge in [-0.05, 0) is 75.1 Å². The molecule has 74 heavy (non-hydrogen) atoms. The molecule has 3 aliphatic rings. The number of allylic oxidation sites excluding steroid dienone is 4. The zero-order valence-electron chi connectivity index (χ0n) is 42.7. The number of carbonyl (C=O) groups is 3. The monoisotopic (exact) mass is 1100 g/mol. The molecule has 22 nitrogen and oxygen atoms in total. The number of hydrogen-bond donors (Lipinski definition) is 1. The van der Waals surface area contributed by atoms with Gasteiger partial charge in [0, 0.05) is 119 Å². The van der Waals surface area contributed by atoms with Gasteiger partial charge in [0.05, 0.1) is 68.1 Å². The first-order valence-electron chi connectivity index (χ1n) is 24.4. The first kappa shape index (κ1) is 60.7. The van der Waals surface area contributed by atoms with Gasteiger partial charge in [0.1, 0.15) is 16.7 Å². The van der Waals surface area contributed by atoms with Crippen LogP contribution < -0.4 is 14.9 Å². The molecule has 0 spiro atoms. The van der Waals surface area contributed by atoms with Gasteiger partial charge >= 0.3 is 5.97 Å². The Kier molecular flexibility index (Phi) is 24.1. The van der Waals surface area contributed by atoms with Crippen LogP contribution in [0.1, 0.15) is 82.8 Å². The topological polar surface area (TPSA) is 270 Å². The maximum atomic E-state index is 13.8. The number of unbranched alkanes of at least 4 members (excludes halogenated alkanes) is 2. The van der Waals surface area contributed by atoms with Crippen LogP contribution in [-0.2, 0) is 88.0 Å². The SMILES string of the molecule is COCCOCCNS(=O)(=O)c1ccc2c(c1)C(C)(CCOCCOC)C(=CC=CC1=[N+](CCCSOO[O-])c3ccc(S(=O)(=O)[O-])cc3C1(C)CCCCCC(=O)ON1C(=O)CCC1=O)N2CCOCCOC. The molecular formula is C49H69N4O18S3-. The third kappa shape index (κ3) is 16.2. The smallest absolute Gasteiger partial charge is 0.333 e. The normalized spacial score (nSPS) is 19.5. The van der Waals surface area contributed by atoms with Crippen molar-refractivity contribution in [3.05, 3.63) is 71.5 Å². The summed E-state index contributed by atoms with van der Waals surface area (Å²) < 4.78 is 107. The second-order valence-corrected chi connectivity index (χ2v) is 21.9. The lowest BCUT2D eigenvalue weighted by Gasteiger charge is -2.30. The molecule has 2 aromatic rings. The minimum Gasteiger partial charge on any atom is -0.744 e. The van der Waals surface area contributed by atoms with E-state index in [0.717, 1.165) is 34.7 Å². The molecule has 0 aliphatic carbocycles. The summed E-state index contributed by atoms with van der Waals surface area (Å²) in [5, 5.41) is 14.6. The Labute approximate surface area is 438 Å². The number of nitrogens with zero attached hydrogens (tertiary/aromatic N) is 3. The number of amides is 2. The number of ether oxygens (including phenoxy) is 6. The Hall–Kier alpha value is -4.19. The summed E-state index contributed by atoms with van der Waals surface area (Å²) in [5.74, 6) is -1.52. The number of rotatable bonds is 36. The van der Waals surface area contributed by atoms with Crippen molar-refractivity contribution in [2.24, 2.45) is 0 Å². The molecular weight excluding hydrogens is 1030 g/mol. The molecule has 2 amide bonds. The zero-order chi connectivity index (χ0) is 53.8. The lowest BCUT2D eigenvalue weighted by Crippen LogP contribution is -2.33. The standard InChI is InChI=1S/C49H70N4O18S3/c1-48(20-8-6-7-13-47(56)69-53-45(54)18-19-46(53)55)40-36-38(74(60,61)62)15-17-41(40)51(23-10-34-72-71-70-57)43(48)11-9-12-44-49(2,21-25-66-31-28-63-3)39-35-37(73(58,59)50-22-26-67-32-29-64-4)14-16-42(39)52(44)24-27-68-33-30-65-5/h9,11-12,14-17,35-36,50H,6-8,10,13,18-34H2,1-5H3,(H-,57,60,61,62)/p-1. The molecule has 0 saturated carbocycles. The van der Waals surface area contributed by atoms with E-state index in [1.165, 1.54) is 12.1 Å². The fourth-order valence-corrected chi connectivity index (χ4v) is 11.1. The summed E-state index contributed by atoms with van der Waals surface area (Å²) in [6.45, 7) is 7.65. The first-order chi connectivity index (χ1) is 35.5. The van der Waals surface area contributed by atoms with Crippen molar-refractivity contribution in [2.45, 2.75) is 92.3 Å². The van der Waals surface area contributed by atoms with Gasteiger partial charge in [-0.25, -0.2) is 26.4 Å². The van der Waals surface area contributed by atoms with Crippen LogP contribution in [0.2, 0.25) is 0 Å². The molecule has 3 heterocycles. The highest BCUT2D eigenvalue weighted by Gasteiger charge is 2.48. The number of hydroxylamine groups is 2. The van der Waals surface area contributed by atoms with E-state index in [4.69, 9.17) is 33.3 Å². The van der Waals surface area contributed by atoms with E-state index in [9.17, 15) is 41.0 Å². The molecule has 2 unspecified atom stereocenters. The minimum atomic E-state index is -4.88. The van der Waals surface area contributed by atoms with Gasteiger partial charge in [-0.1, -0.05) is 18.9 Å². The van der Waals surface area contributed by atoms with Crippen molar-refractivity contribution in [3.8, 4) is 0 Å². The number of anilines is 1. The Morgan fingerprint density at radius 1 is 0.784 bits per heavy atom. The molecule has 1 N–H and O–H groups in total. The molecule has 2 atom stereocenters. The summed E-state index contributed by atoms with van der Waals surface area (Å²) in [7, 11) is -4.15. The summed E-state index contributed by atoms with van der Waals surface area (Å²) in [6.07, 6.45) is 8.39. The van der Waals surface area contributed by atoms with Crippen LogP contribution in [0.15, 0.2) is 70.1 Å². The highest BCUT2D eigenvalue weighted by molar-refractivity contribution is 7.94. The molecule has 5 rings (SSSR count). The number of fused-ring (bicyclic) bond motifs is 2. The third-order valence-corrected chi connectivity index (χ3v) is 15.9. The van der Waals surface area contributed by atoms with Crippen molar-refractivity contribution >= 4 is 67.1 Å². The largest absolute Gasteiger partial charge is 0.744 e. The van der Waals surface area contributed by atoms with Crippen molar-refractivity contribution in [1.29, 1.82) is 0 Å². The molecule has 2 aromatic carbocycles. The Bertz CT molecular complexity index is 2530. The van der Waals surface area contributed by atoms with Gasteiger partial charge in [0.2, 0.25) is 15.7 Å². The minimum absolute atomic E-state index is 0.0251. The molecule has 412 valence electrons. The quantitative estimate of drug-likeness (QED) is 0.0194. The van der Waals surface area contributed by atoms with E-state index in [1.807, 2.05) is 36.7 Å². The number of hydrogen-bond acceptors (Lipinski definition) is 20. The van der Waals surface area contributed by atoms with Crippen molar-refractivity contribution < 1.29 is 88.2 Å². The number of methoxy groups -OCH3 is 3. The second kappa shape index (κ2) is 29.4. The van der Waals surface area contributed by atoms with E-state index in [2.05, 4.69) is 19.0 Å². The van der Waals surface area contributed by atoms with Crippen LogP contribution in [0.3, 0.4) is 0 Å². The van der Waals surface area contributed by atoms with E-state index >= 15 is 0 Å². The van der Waals surface area contributed by atoms with Crippen LogP contribution >= 0.6 is 12.0 Å². The number of carbonyl (C=O) groups excluding carboxylic acids is 3. The summed E-state index contributed by atoms with van der Waals surface area (Å²) in [4.78, 5) is 43.5. The fourth-order valence-electron chi connectivity index (χ4n) is 9.19. The van der Waals surface area contributed by atoms with Crippen LogP contribution in [0.4, 0.5) is 11.4 Å². The number of nitrogens with one attached hydrogen (secondary N) is 1. The third-order valence-electron chi connectivity index (χ3n) is 13.0. The van der Waals surface area contributed by atoms with Gasteiger partial charge in [-0.3, -0.25) is 14.6 Å². The van der Waals surface area contributed by atoms with E-state index in [1.54, 1.807) is 45.6 Å². The van der Waals surface area contributed by atoms with Crippen LogP contribution in [0, 0.1) is 0 Å². The highest BCUT2D eigenvalue weighted by Crippen LogP contribution is 2.51. The summed E-state index contributed by atoms with van der Waals surface area (Å²) in [6, 6.07) is 9.33. The van der Waals surface area contributed by atoms with Gasteiger partial charge in [-0.2, -0.15) is 8.91 Å². The van der Waals surface area contributed by atoms with Crippen LogP contribution in [0.25, 0.3) is 0 Å². The lowest BCUT2D eigenvalue weighted by molar-refractivity contribution is -0.777. The van der Waals surface area contributed by atoms with E-state index in [-0.39, 0.29) is 37.3 Å². The average Bonchev–Trinajstić information content (AvgIpc) is 3.90. The van der Waals surface area contributed by atoms with Gasteiger partial charge in [-0.15, -0.1) is 5.06 Å². The molecule has 3 aliphatic heterocycles. The molecule has 1 saturated heterocycles. The Morgan fingerprint density at radius 2 is 1.43 bits per heavy atom. The van der Waals surface area contributed by atoms with Gasteiger partial charge in [0.15, 0.2) is 5.71 Å². The summed E-state index contributed by atoms with van der Waals surface area (Å²) in [5.41, 5.74) is 2.56. The molecule has 0 bridgehead atoms. The highest BCUT2D eigenvalue weighted by atomic mass is 32.2. The van der Waals surface area contributed by atoms with Crippen molar-refractivity contribution in [3.63, 3.8) is 0 Å². The zero-order valence-corrected chi connectivity index (χ0v) is 45.1. The second-order valence-electron chi connectivity index (χ2n) is 18.0. The van der Waals surface area contributed by atoms with E-state index in [0.29, 0.717) is 127 Å². The van der Waals surface area contributed by atoms with E-state index < -0.39 is 53.7 Å². The average molecular weight is 1100 g/mol. The fraction of sp³-hybridized carbons (Fsp3) is 0.592. The molecule has 1 fully saturated rings. The van der Waals surface area contributed by atoms with Crippen LogP contribution in [-0.4, -0.2) is 161 Å². The van der Waals surface area contributed by atoms with Crippen LogP contribution in [0.5, 0.6) is 0 Å². The lowest BCUT2D eigenvalue weighted by atomic mass is 9.75. The van der Waals surface area contributed by atoms with Crippen molar-refractivity contribution in [1.82, 2.24) is 9.79 Å². The molecule has 25 heteroatoms.